The van der Waals surface area contributed by atoms with E-state index in [4.69, 9.17) is 19.3 Å². The molecule has 4 heterocycles. The van der Waals surface area contributed by atoms with Gasteiger partial charge in [0.15, 0.2) is 5.65 Å². The van der Waals surface area contributed by atoms with E-state index in [-0.39, 0.29) is 6.10 Å². The number of hydrogen-bond donors (Lipinski definition) is 0. The predicted octanol–water partition coefficient (Wildman–Crippen LogP) is 3.36. The van der Waals surface area contributed by atoms with Gasteiger partial charge in [-0.2, -0.15) is 5.10 Å². The van der Waals surface area contributed by atoms with Crippen molar-refractivity contribution in [2.45, 2.75) is 19.4 Å². The highest BCUT2D eigenvalue weighted by Gasteiger charge is 2.22. The van der Waals surface area contributed by atoms with Crippen LogP contribution in [-0.2, 0) is 11.8 Å². The maximum absolute atomic E-state index is 6.25. The van der Waals surface area contributed by atoms with E-state index in [1.54, 1.807) is 10.9 Å². The Labute approximate surface area is 174 Å². The lowest BCUT2D eigenvalue weighted by atomic mass is 10.1. The molecule has 0 N–H and O–H groups in total. The molecule has 1 aliphatic rings. The van der Waals surface area contributed by atoms with E-state index >= 15 is 0 Å². The molecule has 154 valence electrons. The predicted molar refractivity (Wildman–Crippen MR) is 112 cm³/mol. The van der Waals surface area contributed by atoms with Crippen molar-refractivity contribution in [1.29, 1.82) is 0 Å². The van der Waals surface area contributed by atoms with E-state index in [1.165, 1.54) is 0 Å². The van der Waals surface area contributed by atoms with E-state index in [2.05, 4.69) is 10.1 Å². The first-order chi connectivity index (χ1) is 14.7. The molecular weight excluding hydrogens is 382 g/mol. The summed E-state index contributed by atoms with van der Waals surface area (Å²) >= 11 is 0. The Morgan fingerprint density at radius 2 is 2.13 bits per heavy atom. The van der Waals surface area contributed by atoms with Crippen molar-refractivity contribution in [1.82, 2.24) is 24.4 Å². The SMILES string of the molecule is CCOc1cccc(-c2cnc3cc(-c4cnn(C)c4)c(OC4CCOC4)nn23)c1. The van der Waals surface area contributed by atoms with Crippen molar-refractivity contribution in [3.05, 3.63) is 48.9 Å². The van der Waals surface area contributed by atoms with Gasteiger partial charge in [0.2, 0.25) is 5.88 Å². The number of imidazole rings is 1. The van der Waals surface area contributed by atoms with Gasteiger partial charge in [0.05, 0.1) is 43.5 Å². The third-order valence-corrected chi connectivity index (χ3v) is 5.08. The molecule has 1 atom stereocenters. The van der Waals surface area contributed by atoms with E-state index in [9.17, 15) is 0 Å². The molecule has 1 aliphatic heterocycles. The first-order valence-corrected chi connectivity index (χ1v) is 10.1. The first-order valence-electron chi connectivity index (χ1n) is 10.1. The number of fused-ring (bicyclic) bond motifs is 1. The molecule has 0 aliphatic carbocycles. The molecule has 8 nitrogen and oxygen atoms in total. The number of benzene rings is 1. The van der Waals surface area contributed by atoms with Gasteiger partial charge in [-0.05, 0) is 25.1 Å². The normalized spacial score (nSPS) is 16.3. The fourth-order valence-electron chi connectivity index (χ4n) is 3.63. The van der Waals surface area contributed by atoms with Crippen molar-refractivity contribution >= 4 is 5.65 Å². The van der Waals surface area contributed by atoms with Gasteiger partial charge < -0.3 is 14.2 Å². The van der Waals surface area contributed by atoms with Crippen LogP contribution in [0, 0.1) is 0 Å². The summed E-state index contributed by atoms with van der Waals surface area (Å²) in [5, 5.41) is 9.13. The molecule has 0 radical (unpaired) electrons. The minimum atomic E-state index is -0.0152. The van der Waals surface area contributed by atoms with Crippen LogP contribution in [0.25, 0.3) is 28.0 Å². The molecule has 0 spiro atoms. The van der Waals surface area contributed by atoms with Gasteiger partial charge in [0.25, 0.3) is 0 Å². The van der Waals surface area contributed by atoms with Gasteiger partial charge in [0, 0.05) is 30.8 Å². The van der Waals surface area contributed by atoms with Crippen LogP contribution in [0.2, 0.25) is 0 Å². The van der Waals surface area contributed by atoms with Gasteiger partial charge in [0.1, 0.15) is 11.9 Å². The van der Waals surface area contributed by atoms with Crippen LogP contribution in [0.4, 0.5) is 0 Å². The Bertz CT molecular complexity index is 1180. The third-order valence-electron chi connectivity index (χ3n) is 5.08. The summed E-state index contributed by atoms with van der Waals surface area (Å²) in [6, 6.07) is 9.92. The molecule has 30 heavy (non-hydrogen) atoms. The fraction of sp³-hybridized carbons (Fsp3) is 0.318. The minimum Gasteiger partial charge on any atom is -0.494 e. The van der Waals surface area contributed by atoms with E-state index in [0.717, 1.165) is 40.2 Å². The zero-order valence-corrected chi connectivity index (χ0v) is 17.0. The van der Waals surface area contributed by atoms with E-state index < -0.39 is 0 Å². The Kier molecular flexibility index (Phi) is 4.84. The Balaban J connectivity index is 1.62. The van der Waals surface area contributed by atoms with E-state index in [0.29, 0.717) is 25.7 Å². The molecule has 3 aromatic heterocycles. The molecule has 8 heteroatoms. The molecule has 0 amide bonds. The van der Waals surface area contributed by atoms with Gasteiger partial charge >= 0.3 is 0 Å². The summed E-state index contributed by atoms with van der Waals surface area (Å²) in [6.45, 7) is 3.86. The van der Waals surface area contributed by atoms with Crippen molar-refractivity contribution in [3.63, 3.8) is 0 Å². The van der Waals surface area contributed by atoms with Crippen molar-refractivity contribution in [2.75, 3.05) is 19.8 Å². The number of aryl methyl sites for hydroxylation is 1. The van der Waals surface area contributed by atoms with Crippen LogP contribution >= 0.6 is 0 Å². The Hall–Kier alpha value is -3.39. The molecule has 0 saturated carbocycles. The zero-order chi connectivity index (χ0) is 20.5. The molecule has 1 saturated heterocycles. The van der Waals surface area contributed by atoms with Gasteiger partial charge in [-0.15, -0.1) is 5.10 Å². The highest BCUT2D eigenvalue weighted by Crippen LogP contribution is 2.32. The highest BCUT2D eigenvalue weighted by molar-refractivity contribution is 5.73. The van der Waals surface area contributed by atoms with Gasteiger partial charge in [-0.25, -0.2) is 9.50 Å². The molecular formula is C22H23N5O3. The fourth-order valence-corrected chi connectivity index (χ4v) is 3.63. The summed E-state index contributed by atoms with van der Waals surface area (Å²) in [6.07, 6.45) is 6.41. The first kappa shape index (κ1) is 18.6. The number of rotatable bonds is 6. The quantitative estimate of drug-likeness (QED) is 0.490. The summed E-state index contributed by atoms with van der Waals surface area (Å²) in [5.41, 5.74) is 4.38. The monoisotopic (exact) mass is 405 g/mol. The topological polar surface area (TPSA) is 75.7 Å². The third kappa shape index (κ3) is 3.50. The lowest BCUT2D eigenvalue weighted by Gasteiger charge is -2.15. The minimum absolute atomic E-state index is 0.0152. The van der Waals surface area contributed by atoms with Crippen LogP contribution in [-0.4, -0.2) is 50.3 Å². The Morgan fingerprint density at radius 1 is 1.20 bits per heavy atom. The molecule has 1 unspecified atom stereocenters. The summed E-state index contributed by atoms with van der Waals surface area (Å²) in [7, 11) is 1.89. The average molecular weight is 405 g/mol. The van der Waals surface area contributed by atoms with Crippen LogP contribution in [0.15, 0.2) is 48.9 Å². The number of nitrogens with zero attached hydrogens (tertiary/aromatic N) is 5. The van der Waals surface area contributed by atoms with Crippen molar-refractivity contribution in [2.24, 2.45) is 7.05 Å². The summed E-state index contributed by atoms with van der Waals surface area (Å²) in [5.74, 6) is 1.36. The summed E-state index contributed by atoms with van der Waals surface area (Å²) < 4.78 is 21.0. The maximum atomic E-state index is 6.25. The lowest BCUT2D eigenvalue weighted by Crippen LogP contribution is -2.18. The number of aromatic nitrogens is 5. The van der Waals surface area contributed by atoms with E-state index in [1.807, 2.05) is 61.2 Å². The second kappa shape index (κ2) is 7.79. The molecule has 1 fully saturated rings. The second-order valence-corrected chi connectivity index (χ2v) is 7.24. The van der Waals surface area contributed by atoms with Gasteiger partial charge in [-0.3, -0.25) is 4.68 Å². The standard InChI is InChI=1S/C22H23N5O3/c1-3-29-17-6-4-5-15(9-17)20-12-23-21-10-19(16-11-24-26(2)13-16)22(25-27(20)21)30-18-7-8-28-14-18/h4-6,9-13,18H,3,7-8,14H2,1-2H3. The van der Waals surface area contributed by atoms with Crippen molar-refractivity contribution in [3.8, 4) is 34.0 Å². The Morgan fingerprint density at radius 3 is 2.90 bits per heavy atom. The zero-order valence-electron chi connectivity index (χ0n) is 17.0. The molecule has 0 bridgehead atoms. The summed E-state index contributed by atoms with van der Waals surface area (Å²) in [4.78, 5) is 4.59. The van der Waals surface area contributed by atoms with Crippen molar-refractivity contribution < 1.29 is 14.2 Å². The van der Waals surface area contributed by atoms with Crippen LogP contribution in [0.3, 0.4) is 0 Å². The second-order valence-electron chi connectivity index (χ2n) is 7.24. The molecule has 1 aromatic carbocycles. The molecule has 4 aromatic rings. The smallest absolute Gasteiger partial charge is 0.240 e. The number of ether oxygens (including phenoxy) is 3. The van der Waals surface area contributed by atoms with Gasteiger partial charge in [-0.1, -0.05) is 12.1 Å². The maximum Gasteiger partial charge on any atom is 0.240 e. The van der Waals surface area contributed by atoms with Crippen LogP contribution in [0.1, 0.15) is 13.3 Å². The lowest BCUT2D eigenvalue weighted by molar-refractivity contribution is 0.137. The molecule has 5 rings (SSSR count). The number of hydrogen-bond acceptors (Lipinski definition) is 6. The largest absolute Gasteiger partial charge is 0.494 e. The highest BCUT2D eigenvalue weighted by atomic mass is 16.5. The average Bonchev–Trinajstić information content (AvgIpc) is 3.49. The van der Waals surface area contributed by atoms with Crippen LogP contribution in [0.5, 0.6) is 11.6 Å². The van der Waals surface area contributed by atoms with Crippen LogP contribution < -0.4 is 9.47 Å².